The van der Waals surface area contributed by atoms with Crippen LogP contribution >= 0.6 is 0 Å². The molecule has 0 spiro atoms. The number of hydrogen-bond donors (Lipinski definition) is 2. The van der Waals surface area contributed by atoms with Crippen molar-refractivity contribution in [2.75, 3.05) is 0 Å². The van der Waals surface area contributed by atoms with E-state index in [1.165, 1.54) is 11.8 Å². The quantitative estimate of drug-likeness (QED) is 0.834. The lowest BCUT2D eigenvalue weighted by Gasteiger charge is -2.29. The second-order valence-electron chi connectivity index (χ2n) is 4.22. The van der Waals surface area contributed by atoms with E-state index < -0.39 is 0 Å². The molecule has 90 valence electrons. The Bertz CT molecular complexity index is 426. The first-order chi connectivity index (χ1) is 8.22. The average molecular weight is 230 g/mol. The number of nitrogens with two attached hydrogens (primary N) is 1. The molecule has 0 saturated heterocycles. The van der Waals surface area contributed by atoms with E-state index in [9.17, 15) is 0 Å². The number of fused-ring (bicyclic) bond motifs is 1. The predicted octanol–water partition coefficient (Wildman–Crippen LogP) is 2.30. The molecule has 1 aromatic rings. The molecule has 1 atom stereocenters. The first-order valence-corrected chi connectivity index (χ1v) is 5.81. The standard InChI is InChI=1S/C14H18N2O/c1-3-14(11(2)16-9-8-15)10-12-6-4-5-7-13(12)17-14/h4-9,16H,2-3,10,15H2,1H3/b9-8-. The van der Waals surface area contributed by atoms with Crippen LogP contribution in [0.2, 0.25) is 0 Å². The number of benzene rings is 1. The molecule has 0 aromatic heterocycles. The maximum atomic E-state index is 6.07. The van der Waals surface area contributed by atoms with E-state index in [0.29, 0.717) is 0 Å². The summed E-state index contributed by atoms with van der Waals surface area (Å²) >= 11 is 0. The molecule has 0 bridgehead atoms. The van der Waals surface area contributed by atoms with Gasteiger partial charge in [0.1, 0.15) is 5.75 Å². The monoisotopic (exact) mass is 230 g/mol. The van der Waals surface area contributed by atoms with E-state index in [1.807, 2.05) is 18.2 Å². The molecule has 0 radical (unpaired) electrons. The van der Waals surface area contributed by atoms with Crippen molar-refractivity contribution >= 4 is 0 Å². The van der Waals surface area contributed by atoms with Crippen LogP contribution in [-0.4, -0.2) is 5.60 Å². The van der Waals surface area contributed by atoms with Crippen LogP contribution in [0.3, 0.4) is 0 Å². The predicted molar refractivity (Wildman–Crippen MR) is 69.4 cm³/mol. The third kappa shape index (κ3) is 2.00. The maximum absolute atomic E-state index is 6.07. The van der Waals surface area contributed by atoms with Crippen LogP contribution in [0.15, 0.2) is 48.9 Å². The summed E-state index contributed by atoms with van der Waals surface area (Å²) in [5.41, 5.74) is 7.04. The van der Waals surface area contributed by atoms with Crippen LogP contribution in [0.25, 0.3) is 0 Å². The Morgan fingerprint density at radius 1 is 1.59 bits per heavy atom. The molecular weight excluding hydrogens is 212 g/mol. The van der Waals surface area contributed by atoms with Crippen LogP contribution in [0, 0.1) is 0 Å². The second kappa shape index (κ2) is 4.53. The van der Waals surface area contributed by atoms with Crippen LogP contribution in [0.1, 0.15) is 18.9 Å². The average Bonchev–Trinajstić information content (AvgIpc) is 2.75. The summed E-state index contributed by atoms with van der Waals surface area (Å²) in [6.45, 7) is 6.16. The lowest BCUT2D eigenvalue weighted by molar-refractivity contribution is 0.125. The van der Waals surface area contributed by atoms with Crippen molar-refractivity contribution in [1.29, 1.82) is 0 Å². The molecule has 0 amide bonds. The van der Waals surface area contributed by atoms with Crippen LogP contribution in [0.5, 0.6) is 5.75 Å². The Balaban J connectivity index is 2.23. The van der Waals surface area contributed by atoms with Crippen molar-refractivity contribution < 1.29 is 4.74 Å². The first-order valence-electron chi connectivity index (χ1n) is 5.81. The van der Waals surface area contributed by atoms with E-state index in [-0.39, 0.29) is 5.60 Å². The van der Waals surface area contributed by atoms with E-state index in [0.717, 1.165) is 24.3 Å². The van der Waals surface area contributed by atoms with Crippen LogP contribution in [0.4, 0.5) is 0 Å². The Morgan fingerprint density at radius 3 is 3.00 bits per heavy atom. The Kier molecular flexibility index (Phi) is 3.09. The van der Waals surface area contributed by atoms with Crippen LogP contribution < -0.4 is 15.8 Å². The summed E-state index contributed by atoms with van der Waals surface area (Å²) < 4.78 is 6.07. The topological polar surface area (TPSA) is 47.3 Å². The lowest BCUT2D eigenvalue weighted by atomic mass is 9.91. The molecular formula is C14H18N2O. The second-order valence-corrected chi connectivity index (χ2v) is 4.22. The highest BCUT2D eigenvalue weighted by Gasteiger charge is 2.40. The molecule has 1 aliphatic heterocycles. The molecule has 3 nitrogen and oxygen atoms in total. The largest absolute Gasteiger partial charge is 0.480 e. The van der Waals surface area contributed by atoms with Gasteiger partial charge >= 0.3 is 0 Å². The minimum absolute atomic E-state index is 0.358. The molecule has 0 aliphatic carbocycles. The molecule has 17 heavy (non-hydrogen) atoms. The zero-order valence-electron chi connectivity index (χ0n) is 10.1. The molecule has 3 N–H and O–H groups in total. The van der Waals surface area contributed by atoms with Crippen molar-refractivity contribution in [3.63, 3.8) is 0 Å². The van der Waals surface area contributed by atoms with E-state index in [4.69, 9.17) is 10.5 Å². The van der Waals surface area contributed by atoms with Gasteiger partial charge in [-0.15, -0.1) is 0 Å². The summed E-state index contributed by atoms with van der Waals surface area (Å²) in [6, 6.07) is 8.11. The fourth-order valence-corrected chi connectivity index (χ4v) is 2.16. The number of para-hydroxylation sites is 1. The molecule has 1 heterocycles. The van der Waals surface area contributed by atoms with Gasteiger partial charge < -0.3 is 15.8 Å². The number of nitrogens with one attached hydrogen (secondary N) is 1. The van der Waals surface area contributed by atoms with E-state index in [2.05, 4.69) is 24.9 Å². The van der Waals surface area contributed by atoms with Crippen molar-refractivity contribution in [3.8, 4) is 5.75 Å². The highest BCUT2D eigenvalue weighted by molar-refractivity contribution is 5.42. The van der Waals surface area contributed by atoms with Gasteiger partial charge in [-0.3, -0.25) is 0 Å². The number of rotatable bonds is 4. The molecule has 1 aromatic carbocycles. The van der Waals surface area contributed by atoms with Gasteiger partial charge in [-0.25, -0.2) is 0 Å². The lowest BCUT2D eigenvalue weighted by Crippen LogP contribution is -2.40. The summed E-state index contributed by atoms with van der Waals surface area (Å²) in [6.07, 6.45) is 4.85. The van der Waals surface area contributed by atoms with Gasteiger partial charge in [0.25, 0.3) is 0 Å². The Morgan fingerprint density at radius 2 is 2.35 bits per heavy atom. The van der Waals surface area contributed by atoms with Gasteiger partial charge in [-0.05, 0) is 18.1 Å². The van der Waals surface area contributed by atoms with Crippen LogP contribution in [-0.2, 0) is 6.42 Å². The summed E-state index contributed by atoms with van der Waals surface area (Å²) in [5.74, 6) is 0.953. The Hall–Kier alpha value is -1.90. The van der Waals surface area contributed by atoms with E-state index >= 15 is 0 Å². The van der Waals surface area contributed by atoms with Crippen molar-refractivity contribution in [2.45, 2.75) is 25.4 Å². The zero-order valence-corrected chi connectivity index (χ0v) is 10.1. The molecule has 3 heteroatoms. The van der Waals surface area contributed by atoms with E-state index in [1.54, 1.807) is 6.20 Å². The van der Waals surface area contributed by atoms with Gasteiger partial charge in [-0.1, -0.05) is 31.7 Å². The Labute approximate surface area is 102 Å². The van der Waals surface area contributed by atoms with Gasteiger partial charge in [0, 0.05) is 18.8 Å². The van der Waals surface area contributed by atoms with Gasteiger partial charge in [0.15, 0.2) is 5.60 Å². The first kappa shape index (κ1) is 11.6. The summed E-state index contributed by atoms with van der Waals surface area (Å²) in [5, 5.41) is 3.08. The van der Waals surface area contributed by atoms with Crippen molar-refractivity contribution in [3.05, 3.63) is 54.5 Å². The molecule has 0 fully saturated rings. The third-order valence-corrected chi connectivity index (χ3v) is 3.23. The molecule has 1 unspecified atom stereocenters. The molecule has 1 aliphatic rings. The highest BCUT2D eigenvalue weighted by atomic mass is 16.5. The smallest absolute Gasteiger partial charge is 0.152 e. The number of ether oxygens (including phenoxy) is 1. The van der Waals surface area contributed by atoms with Crippen molar-refractivity contribution in [1.82, 2.24) is 5.32 Å². The fourth-order valence-electron chi connectivity index (χ4n) is 2.16. The molecule has 2 rings (SSSR count). The minimum Gasteiger partial charge on any atom is -0.480 e. The molecule has 0 saturated carbocycles. The normalized spacial score (nSPS) is 22.2. The summed E-state index contributed by atoms with van der Waals surface area (Å²) in [4.78, 5) is 0. The highest BCUT2D eigenvalue weighted by Crippen LogP contribution is 2.39. The van der Waals surface area contributed by atoms with Gasteiger partial charge in [0.2, 0.25) is 0 Å². The zero-order chi connectivity index (χ0) is 12.3. The van der Waals surface area contributed by atoms with Gasteiger partial charge in [-0.2, -0.15) is 0 Å². The minimum atomic E-state index is -0.358. The number of hydrogen-bond acceptors (Lipinski definition) is 3. The fraction of sp³-hybridized carbons (Fsp3) is 0.286. The maximum Gasteiger partial charge on any atom is 0.152 e. The third-order valence-electron chi connectivity index (χ3n) is 3.23. The summed E-state index contributed by atoms with van der Waals surface area (Å²) in [7, 11) is 0. The van der Waals surface area contributed by atoms with Crippen molar-refractivity contribution in [2.24, 2.45) is 5.73 Å². The SMILES string of the molecule is C=C(N/C=C\N)C1(CC)Cc2ccccc2O1. The van der Waals surface area contributed by atoms with Gasteiger partial charge in [0.05, 0.1) is 5.70 Å².